The molecule has 2 aliphatic rings. The van der Waals surface area contributed by atoms with Gasteiger partial charge in [-0.05, 0) is 32.6 Å². The molecule has 2 saturated heterocycles. The first-order chi connectivity index (χ1) is 18.9. The fourth-order valence-electron chi connectivity index (χ4n) is 5.23. The van der Waals surface area contributed by atoms with Crippen LogP contribution >= 0.6 is 0 Å². The van der Waals surface area contributed by atoms with E-state index in [1.54, 1.807) is 10.5 Å². The van der Waals surface area contributed by atoms with Gasteiger partial charge in [0.1, 0.15) is 0 Å². The molecule has 0 saturated carbocycles. The lowest BCUT2D eigenvalue weighted by molar-refractivity contribution is -0.143. The summed E-state index contributed by atoms with van der Waals surface area (Å²) in [4.78, 5) is 29.3. The predicted molar refractivity (Wildman–Crippen MR) is 127 cm³/mol. The number of alkyl halides is 6. The van der Waals surface area contributed by atoms with E-state index in [-0.39, 0.29) is 55.8 Å². The molecule has 222 valence electrons. The minimum atomic E-state index is -4.74. The summed E-state index contributed by atoms with van der Waals surface area (Å²) in [5.74, 6) is 4.53. The largest absolute Gasteiger partial charge is 0.439 e. The van der Waals surface area contributed by atoms with Gasteiger partial charge in [-0.25, -0.2) is 15.8 Å². The molecule has 0 aliphatic carbocycles. The van der Waals surface area contributed by atoms with Gasteiger partial charge in [-0.2, -0.15) is 31.4 Å². The van der Waals surface area contributed by atoms with Crippen molar-refractivity contribution < 1.29 is 40.7 Å². The highest BCUT2D eigenvalue weighted by Gasteiger charge is 2.42. The Morgan fingerprint density at radius 1 is 1.05 bits per heavy atom. The molecule has 4 heterocycles. The van der Waals surface area contributed by atoms with Crippen molar-refractivity contribution in [2.45, 2.75) is 70.0 Å². The smallest absolute Gasteiger partial charge is 0.390 e. The van der Waals surface area contributed by atoms with Crippen molar-refractivity contribution in [3.63, 3.8) is 0 Å². The van der Waals surface area contributed by atoms with Gasteiger partial charge < -0.3 is 19.4 Å². The average molecular weight is 581 g/mol. The van der Waals surface area contributed by atoms with Gasteiger partial charge in [-0.3, -0.25) is 9.48 Å². The van der Waals surface area contributed by atoms with Crippen LogP contribution in [-0.2, 0) is 28.4 Å². The summed E-state index contributed by atoms with van der Waals surface area (Å²) in [6.45, 7) is 2.58. The van der Waals surface area contributed by atoms with Crippen LogP contribution in [0.25, 0.3) is 0 Å². The monoisotopic (exact) mass is 580 g/mol. The minimum Gasteiger partial charge on any atom is -0.390 e. The van der Waals surface area contributed by atoms with Crippen LogP contribution < -0.4 is 21.2 Å². The lowest BCUT2D eigenvalue weighted by Gasteiger charge is -2.49. The molecular formula is C23H30F6N8O3. The summed E-state index contributed by atoms with van der Waals surface area (Å²) in [7, 11) is 0. The highest BCUT2D eigenvalue weighted by Crippen LogP contribution is 2.37. The Morgan fingerprint density at radius 2 is 1.73 bits per heavy atom. The summed E-state index contributed by atoms with van der Waals surface area (Å²) < 4.78 is 85.0. The van der Waals surface area contributed by atoms with Crippen molar-refractivity contribution in [2.24, 2.45) is 5.84 Å². The molecule has 0 aromatic carbocycles. The van der Waals surface area contributed by atoms with Gasteiger partial charge in [0.2, 0.25) is 23.3 Å². The number of nitrogens with two attached hydrogens (primary N) is 1. The summed E-state index contributed by atoms with van der Waals surface area (Å²) in [5.41, 5.74) is -0.310. The van der Waals surface area contributed by atoms with Crippen LogP contribution in [0.1, 0.15) is 49.1 Å². The number of nitrogens with one attached hydrogen (secondary N) is 1. The number of fused-ring (bicyclic) bond motifs is 1. The molecule has 1 amide bonds. The zero-order valence-corrected chi connectivity index (χ0v) is 21.6. The number of hydrogen-bond donors (Lipinski definition) is 2. The molecular weight excluding hydrogens is 550 g/mol. The molecule has 0 spiro atoms. The lowest BCUT2D eigenvalue weighted by atomic mass is 9.87. The molecule has 2 aromatic rings. The van der Waals surface area contributed by atoms with E-state index in [4.69, 9.17) is 10.6 Å². The predicted octanol–water partition coefficient (Wildman–Crippen LogP) is 2.84. The summed E-state index contributed by atoms with van der Waals surface area (Å²) in [5, 5.41) is 3.55. The standard InChI is InChI=1S/C23H30F6N8O3/c1-14-19(40-34-30)20(23(27,28)29)33-37(14)9-11-39-10-6-18(38)35-7-2-5-17-16(35)4-3-8-36(17)21-31-12-15(13-32-21)22(24,25)26/h12-13,16-17,34H,2-11,30H2,1H3/t16-,17-/m1/s1. The number of rotatable bonds is 9. The zero-order valence-electron chi connectivity index (χ0n) is 21.6. The Labute approximate surface area is 225 Å². The van der Waals surface area contributed by atoms with Crippen molar-refractivity contribution in [3.8, 4) is 5.75 Å². The molecule has 2 atom stereocenters. The second-order valence-corrected chi connectivity index (χ2v) is 9.54. The van der Waals surface area contributed by atoms with E-state index in [9.17, 15) is 31.1 Å². The summed E-state index contributed by atoms with van der Waals surface area (Å²) in [6.07, 6.45) is -4.72. The number of piperidine rings is 2. The molecule has 0 bridgehead atoms. The quantitative estimate of drug-likeness (QED) is 0.200. The van der Waals surface area contributed by atoms with Crippen LogP contribution in [0.15, 0.2) is 12.4 Å². The fraction of sp³-hybridized carbons (Fsp3) is 0.652. The average Bonchev–Trinajstić information content (AvgIpc) is 3.23. The van der Waals surface area contributed by atoms with Crippen molar-refractivity contribution in [1.29, 1.82) is 0 Å². The first-order valence-corrected chi connectivity index (χ1v) is 12.7. The number of amides is 1. The Kier molecular flexibility index (Phi) is 9.04. The van der Waals surface area contributed by atoms with Crippen molar-refractivity contribution in [1.82, 2.24) is 30.2 Å². The van der Waals surface area contributed by atoms with Gasteiger partial charge in [0, 0.05) is 25.5 Å². The van der Waals surface area contributed by atoms with E-state index in [1.165, 1.54) is 6.92 Å². The third kappa shape index (κ3) is 6.58. The normalized spacial score (nSPS) is 20.0. The maximum absolute atomic E-state index is 13.2. The number of aromatic nitrogens is 4. The van der Waals surface area contributed by atoms with Gasteiger partial charge in [0.25, 0.3) is 0 Å². The number of anilines is 1. The molecule has 2 fully saturated rings. The van der Waals surface area contributed by atoms with Crippen molar-refractivity contribution in [3.05, 3.63) is 29.3 Å². The molecule has 40 heavy (non-hydrogen) atoms. The second-order valence-electron chi connectivity index (χ2n) is 9.54. The molecule has 0 radical (unpaired) electrons. The van der Waals surface area contributed by atoms with Crippen LogP contribution in [0.5, 0.6) is 5.75 Å². The Hall–Kier alpha value is -3.18. The van der Waals surface area contributed by atoms with Crippen LogP contribution in [0, 0.1) is 6.92 Å². The topological polar surface area (TPSA) is 124 Å². The van der Waals surface area contributed by atoms with E-state index in [1.807, 2.05) is 4.90 Å². The summed E-state index contributed by atoms with van der Waals surface area (Å²) >= 11 is 0. The summed E-state index contributed by atoms with van der Waals surface area (Å²) in [6, 6.07) is -0.253. The number of hydrogen-bond acceptors (Lipinski definition) is 9. The second kappa shape index (κ2) is 12.1. The number of halogens is 6. The molecule has 2 aliphatic heterocycles. The molecule has 4 rings (SSSR count). The maximum Gasteiger partial charge on any atom is 0.439 e. The molecule has 2 aromatic heterocycles. The minimum absolute atomic E-state index is 0.00641. The number of likely N-dealkylation sites (tertiary alicyclic amines) is 1. The van der Waals surface area contributed by atoms with Crippen LogP contribution in [0.3, 0.4) is 0 Å². The third-order valence-corrected chi connectivity index (χ3v) is 7.07. The third-order valence-electron chi connectivity index (χ3n) is 7.07. The number of hydrazine groups is 1. The molecule has 3 N–H and O–H groups in total. The van der Waals surface area contributed by atoms with Gasteiger partial charge >= 0.3 is 12.4 Å². The SMILES string of the molecule is Cc1c(ONN)c(C(F)(F)F)nn1CCOCCC(=O)N1CCC[C@@H]2[C@H]1CCCN2c1ncc(C(F)(F)F)cn1. The first-order valence-electron chi connectivity index (χ1n) is 12.7. The van der Waals surface area contributed by atoms with Crippen LogP contribution in [0.2, 0.25) is 0 Å². The van der Waals surface area contributed by atoms with E-state index in [2.05, 4.69) is 19.9 Å². The van der Waals surface area contributed by atoms with Gasteiger partial charge in [0.05, 0.1) is 49.5 Å². The highest BCUT2D eigenvalue weighted by molar-refractivity contribution is 5.77. The molecule has 0 unspecified atom stereocenters. The molecule has 11 nitrogen and oxygen atoms in total. The van der Waals surface area contributed by atoms with Gasteiger partial charge in [-0.15, -0.1) is 0 Å². The first kappa shape index (κ1) is 29.8. The van der Waals surface area contributed by atoms with Gasteiger partial charge in [0.15, 0.2) is 0 Å². The number of carbonyl (C=O) groups is 1. The Bertz CT molecular complexity index is 1160. The van der Waals surface area contributed by atoms with E-state index >= 15 is 0 Å². The van der Waals surface area contributed by atoms with E-state index in [0.29, 0.717) is 19.5 Å². The zero-order chi connectivity index (χ0) is 29.1. The van der Waals surface area contributed by atoms with Crippen LogP contribution in [0.4, 0.5) is 32.3 Å². The number of nitrogens with zero attached hydrogens (tertiary/aromatic N) is 6. The lowest BCUT2D eigenvalue weighted by Crippen LogP contribution is -2.60. The number of ether oxygens (including phenoxy) is 1. The van der Waals surface area contributed by atoms with Gasteiger partial charge in [-0.1, -0.05) is 5.59 Å². The van der Waals surface area contributed by atoms with Crippen LogP contribution in [-0.4, -0.2) is 68.9 Å². The highest BCUT2D eigenvalue weighted by atomic mass is 19.4. The Morgan fingerprint density at radius 3 is 2.38 bits per heavy atom. The van der Waals surface area contributed by atoms with Crippen molar-refractivity contribution >= 4 is 11.9 Å². The maximum atomic E-state index is 13.2. The Balaban J connectivity index is 1.30. The van der Waals surface area contributed by atoms with E-state index < -0.39 is 29.4 Å². The fourth-order valence-corrected chi connectivity index (χ4v) is 5.23. The number of carbonyl (C=O) groups excluding carboxylic acids is 1. The van der Waals surface area contributed by atoms with E-state index in [0.717, 1.165) is 36.3 Å². The van der Waals surface area contributed by atoms with Crippen molar-refractivity contribution in [2.75, 3.05) is 31.2 Å². The molecule has 17 heteroatoms.